The Morgan fingerprint density at radius 3 is 1.11 bits per heavy atom. The third-order valence-corrected chi connectivity index (χ3v) is 13.4. The lowest BCUT2D eigenvalue weighted by atomic mass is 9.84. The van der Waals surface area contributed by atoms with Crippen molar-refractivity contribution in [1.29, 1.82) is 0 Å². The summed E-state index contributed by atoms with van der Waals surface area (Å²) < 4.78 is 0. The van der Waals surface area contributed by atoms with Crippen molar-refractivity contribution in [3.05, 3.63) is 98.5 Å². The van der Waals surface area contributed by atoms with Gasteiger partial charge in [0.1, 0.15) is 0 Å². The van der Waals surface area contributed by atoms with Crippen molar-refractivity contribution in [2.24, 2.45) is 0 Å². The lowest BCUT2D eigenvalue weighted by molar-refractivity contribution is 0.0954. The predicted octanol–water partition coefficient (Wildman–Crippen LogP) is 11.5. The quantitative estimate of drug-likeness (QED) is 0.0433. The molecule has 0 spiro atoms. The lowest BCUT2D eigenvalue weighted by Gasteiger charge is -2.28. The number of carbonyl (C=O) groups is 1. The topological polar surface area (TPSA) is 102 Å². The first-order chi connectivity index (χ1) is 21.3. The van der Waals surface area contributed by atoms with E-state index in [1.54, 1.807) is 0 Å². The molecule has 0 aromatic heterocycles. The summed E-state index contributed by atoms with van der Waals surface area (Å²) in [7, 11) is -4.13. The number of benzene rings is 3. The maximum absolute atomic E-state index is 13.2. The summed E-state index contributed by atoms with van der Waals surface area (Å²) in [4.78, 5) is 40.4. The van der Waals surface area contributed by atoms with E-state index in [1.807, 2.05) is 0 Å². The second-order valence-electron chi connectivity index (χ2n) is 9.15. The number of amides is 1. The van der Waals surface area contributed by atoms with Gasteiger partial charge in [-0.2, -0.15) is 0 Å². The molecule has 251 valence electrons. The van der Waals surface area contributed by atoms with Crippen molar-refractivity contribution in [1.82, 2.24) is 10.6 Å². The molecule has 3 aromatic carbocycles. The van der Waals surface area contributed by atoms with Gasteiger partial charge in [0.15, 0.2) is 0 Å². The molecule has 0 bridgehead atoms. The summed E-state index contributed by atoms with van der Waals surface area (Å²) in [5.41, 5.74) is -0.733. The van der Waals surface area contributed by atoms with E-state index in [9.17, 15) is 4.79 Å². The molecule has 0 saturated carbocycles. The fraction of sp³-hybridized carbons (Fsp3) is 0.200. The number of nitrogens with one attached hydrogen (secondary N) is 2. The number of hydrogen-bond donors (Lipinski definition) is 5. The first-order valence-corrected chi connectivity index (χ1v) is 19.5. The summed E-state index contributed by atoms with van der Waals surface area (Å²) in [6, 6.07) is -0.143. The molecule has 1 radical (unpaired) electrons. The highest BCUT2D eigenvalue weighted by Gasteiger charge is 2.38. The zero-order valence-corrected chi connectivity index (χ0v) is 33.7. The largest absolute Gasteiger partial charge is 0.492 e. The van der Waals surface area contributed by atoms with Gasteiger partial charge in [0, 0.05) is 35.8 Å². The lowest BCUT2D eigenvalue weighted by Crippen LogP contribution is -2.36. The average molecular weight is 932 g/mol. The van der Waals surface area contributed by atoms with Gasteiger partial charge in [-0.1, -0.05) is 162 Å². The van der Waals surface area contributed by atoms with Crippen LogP contribution in [0.15, 0.2) is 0 Å². The first-order valence-electron chi connectivity index (χ1n) is 12.2. The predicted molar refractivity (Wildman–Crippen MR) is 197 cm³/mol. The van der Waals surface area contributed by atoms with Gasteiger partial charge >= 0.3 is 8.80 Å². The van der Waals surface area contributed by atoms with Crippen molar-refractivity contribution in [2.75, 3.05) is 19.6 Å². The monoisotopic (exact) mass is 925 g/mol. The van der Waals surface area contributed by atoms with Crippen molar-refractivity contribution in [3.8, 4) is 0 Å². The Morgan fingerprint density at radius 2 is 0.761 bits per heavy atom. The maximum atomic E-state index is 13.2. The molecule has 6 nitrogen and oxygen atoms in total. The number of halogens is 14. The normalized spacial score (nSPS) is 12.0. The van der Waals surface area contributed by atoms with Crippen LogP contribution in [0.4, 0.5) is 0 Å². The summed E-state index contributed by atoms with van der Waals surface area (Å²) in [6.45, 7) is 0.686. The van der Waals surface area contributed by atoms with Crippen molar-refractivity contribution in [2.45, 2.75) is 12.5 Å². The Hall–Kier alpha value is 1.25. The molecule has 0 saturated heterocycles. The van der Waals surface area contributed by atoms with Gasteiger partial charge in [0.25, 0.3) is 5.91 Å². The fourth-order valence-corrected chi connectivity index (χ4v) is 8.52. The Labute approximate surface area is 334 Å². The maximum Gasteiger partial charge on any atom is 0.492 e. The number of hydrogen-bond acceptors (Lipinski definition) is 5. The Balaban J connectivity index is 2.20. The molecular weight excluding hydrogens is 917 g/mol. The van der Waals surface area contributed by atoms with Gasteiger partial charge < -0.3 is 25.0 Å². The van der Waals surface area contributed by atoms with Crippen LogP contribution >= 0.6 is 162 Å². The fourth-order valence-electron chi connectivity index (χ4n) is 4.00. The van der Waals surface area contributed by atoms with Crippen LogP contribution in [-0.4, -0.2) is 48.7 Å². The zero-order valence-electron chi connectivity index (χ0n) is 22.1. The van der Waals surface area contributed by atoms with Gasteiger partial charge in [-0.25, -0.2) is 0 Å². The SMILES string of the molecule is O=C(NCCNCCC[Si](O)(O)O)c1c(Cl)c(Cl)c([C](c2c(Cl)c(Cl)c(Cl)c(Cl)c2Cl)c2c(Cl)c(Cl)c(Cl)c(Cl)c2Cl)c(Cl)c1Cl. The average Bonchev–Trinajstić information content (AvgIpc) is 2.99. The number of carbonyl (C=O) groups excluding carboxylic acids is 1. The molecule has 0 atom stereocenters. The summed E-state index contributed by atoms with van der Waals surface area (Å²) >= 11 is 91.6. The second-order valence-corrected chi connectivity index (χ2v) is 16.5. The highest BCUT2D eigenvalue weighted by molar-refractivity contribution is 6.58. The third-order valence-electron chi connectivity index (χ3n) is 6.11. The van der Waals surface area contributed by atoms with E-state index in [0.29, 0.717) is 13.0 Å². The molecule has 3 aromatic rings. The van der Waals surface area contributed by atoms with Gasteiger partial charge in [-0.3, -0.25) is 4.79 Å². The molecule has 3 rings (SSSR count). The van der Waals surface area contributed by atoms with Crippen molar-refractivity contribution < 1.29 is 19.2 Å². The molecule has 0 unspecified atom stereocenters. The molecule has 0 aliphatic rings. The van der Waals surface area contributed by atoms with Crippen LogP contribution in [0, 0.1) is 5.92 Å². The van der Waals surface area contributed by atoms with Gasteiger partial charge in [0.05, 0.1) is 81.8 Å². The summed E-state index contributed by atoms with van der Waals surface area (Å²) in [5, 5.41) is 2.01. The van der Waals surface area contributed by atoms with Crippen LogP contribution in [0.1, 0.15) is 33.5 Å². The van der Waals surface area contributed by atoms with E-state index in [2.05, 4.69) is 10.6 Å². The van der Waals surface area contributed by atoms with Crippen LogP contribution in [0.25, 0.3) is 0 Å². The van der Waals surface area contributed by atoms with E-state index >= 15 is 0 Å². The summed E-state index contributed by atoms with van der Waals surface area (Å²) in [6.07, 6.45) is 0.295. The van der Waals surface area contributed by atoms with Crippen LogP contribution in [0.5, 0.6) is 0 Å². The zero-order chi connectivity index (χ0) is 35.0. The van der Waals surface area contributed by atoms with Crippen molar-refractivity contribution >= 4 is 177 Å². The van der Waals surface area contributed by atoms with E-state index in [1.165, 1.54) is 0 Å². The standard InChI is InChI=1S/C25H15Cl14N2O4Si/c26-11-7(12(27)18(33)10(17(11)32)25(42)41-4-3-40-2-1-5-46(43,44)45)6(8-13(28)19(34)23(38)20(35)14(8)29)9-15(30)21(36)24(39)22(37)16(9)31/h40,43-45H,1-5H2,(H,41,42). The van der Waals surface area contributed by atoms with Gasteiger partial charge in [0.2, 0.25) is 0 Å². The summed E-state index contributed by atoms with van der Waals surface area (Å²) in [5.74, 6) is -0.898. The van der Waals surface area contributed by atoms with E-state index < -0.39 is 14.7 Å². The highest BCUT2D eigenvalue weighted by Crippen LogP contribution is 2.57. The minimum atomic E-state index is -4.13. The Kier molecular flexibility index (Phi) is 15.6. The molecule has 0 fully saturated rings. The van der Waals surface area contributed by atoms with Crippen LogP contribution in [-0.2, 0) is 0 Å². The second kappa shape index (κ2) is 17.2. The minimum absolute atomic E-state index is 0.0831. The molecule has 1 amide bonds. The van der Waals surface area contributed by atoms with Crippen molar-refractivity contribution in [3.63, 3.8) is 0 Å². The smallest absolute Gasteiger partial charge is 0.390 e. The molecule has 0 heterocycles. The van der Waals surface area contributed by atoms with E-state index in [4.69, 9.17) is 177 Å². The molecule has 0 aliphatic heterocycles. The number of rotatable bonds is 11. The van der Waals surface area contributed by atoms with E-state index in [0.717, 1.165) is 0 Å². The van der Waals surface area contributed by atoms with Crippen LogP contribution in [0.2, 0.25) is 76.4 Å². The molecule has 46 heavy (non-hydrogen) atoms. The first kappa shape index (κ1) is 41.7. The Bertz CT molecular complexity index is 1550. The Morgan fingerprint density at radius 1 is 0.457 bits per heavy atom. The molecule has 0 aliphatic carbocycles. The molecular formula is C25H15Cl14N2O4Si. The molecule has 21 heteroatoms. The van der Waals surface area contributed by atoms with Gasteiger partial charge in [-0.15, -0.1) is 0 Å². The molecule has 5 N–H and O–H groups in total. The van der Waals surface area contributed by atoms with Crippen LogP contribution in [0.3, 0.4) is 0 Å². The van der Waals surface area contributed by atoms with Crippen LogP contribution < -0.4 is 10.6 Å². The minimum Gasteiger partial charge on any atom is -0.390 e. The van der Waals surface area contributed by atoms with Gasteiger partial charge in [-0.05, 0) is 13.0 Å². The highest BCUT2D eigenvalue weighted by atomic mass is 35.5. The van der Waals surface area contributed by atoms with E-state index in [-0.39, 0.29) is 118 Å². The third kappa shape index (κ3) is 8.81.